The first kappa shape index (κ1) is 21.4. The fraction of sp³-hybridized carbons (Fsp3) is 0.304. The van der Waals surface area contributed by atoms with Crippen LogP contribution >= 0.6 is 0 Å². The van der Waals surface area contributed by atoms with Gasteiger partial charge in [0.2, 0.25) is 5.91 Å². The second-order valence-corrected chi connectivity index (χ2v) is 6.98. The van der Waals surface area contributed by atoms with E-state index < -0.39 is 5.91 Å². The molecule has 2 amide bonds. The van der Waals surface area contributed by atoms with Crippen molar-refractivity contribution >= 4 is 23.6 Å². The molecular weight excluding hydrogens is 387 g/mol. The molecule has 0 aliphatic carbocycles. The molecule has 6 nitrogen and oxygen atoms in total. The van der Waals surface area contributed by atoms with Crippen LogP contribution in [0.15, 0.2) is 42.5 Å². The van der Waals surface area contributed by atoms with Crippen molar-refractivity contribution < 1.29 is 23.5 Å². The van der Waals surface area contributed by atoms with Crippen molar-refractivity contribution in [3.8, 4) is 11.5 Å². The Hall–Kier alpha value is -3.35. The Morgan fingerprint density at radius 1 is 1.03 bits per heavy atom. The molecule has 1 aliphatic rings. The van der Waals surface area contributed by atoms with Gasteiger partial charge in [-0.2, -0.15) is 0 Å². The number of hydrogen-bond donors (Lipinski definition) is 1. The van der Waals surface area contributed by atoms with Crippen LogP contribution in [0.1, 0.15) is 35.2 Å². The number of nitrogens with one attached hydrogen (secondary N) is 1. The van der Waals surface area contributed by atoms with E-state index in [1.165, 1.54) is 38.5 Å². The SMILES string of the molecule is COc1cc(NC(=O)/C=C/c2cccc(F)c2)c(C(=O)N2CCCCC2)cc1OC. The van der Waals surface area contributed by atoms with Crippen LogP contribution in [0.2, 0.25) is 0 Å². The summed E-state index contributed by atoms with van der Waals surface area (Å²) in [5.74, 6) is -0.186. The highest BCUT2D eigenvalue weighted by atomic mass is 19.1. The van der Waals surface area contributed by atoms with Crippen LogP contribution in [-0.4, -0.2) is 44.0 Å². The smallest absolute Gasteiger partial charge is 0.256 e. The Kier molecular flexibility index (Phi) is 7.06. The largest absolute Gasteiger partial charge is 0.493 e. The van der Waals surface area contributed by atoms with Crippen molar-refractivity contribution in [2.24, 2.45) is 0 Å². The number of ether oxygens (including phenoxy) is 2. The summed E-state index contributed by atoms with van der Waals surface area (Å²) in [4.78, 5) is 27.4. The fourth-order valence-corrected chi connectivity index (χ4v) is 3.38. The Balaban J connectivity index is 1.87. The van der Waals surface area contributed by atoms with Gasteiger partial charge < -0.3 is 19.7 Å². The monoisotopic (exact) mass is 412 g/mol. The van der Waals surface area contributed by atoms with Gasteiger partial charge in [-0.1, -0.05) is 12.1 Å². The van der Waals surface area contributed by atoms with Gasteiger partial charge >= 0.3 is 0 Å². The van der Waals surface area contributed by atoms with Gasteiger partial charge in [-0.05, 0) is 49.1 Å². The molecule has 30 heavy (non-hydrogen) atoms. The lowest BCUT2D eigenvalue weighted by Crippen LogP contribution is -2.36. The third-order valence-corrected chi connectivity index (χ3v) is 4.93. The van der Waals surface area contributed by atoms with Crippen LogP contribution in [-0.2, 0) is 4.79 Å². The van der Waals surface area contributed by atoms with E-state index in [0.29, 0.717) is 41.4 Å². The number of halogens is 1. The number of carbonyl (C=O) groups excluding carboxylic acids is 2. The number of hydrogen-bond acceptors (Lipinski definition) is 4. The highest BCUT2D eigenvalue weighted by molar-refractivity contribution is 6.08. The van der Waals surface area contributed by atoms with Gasteiger partial charge in [-0.3, -0.25) is 9.59 Å². The van der Waals surface area contributed by atoms with Gasteiger partial charge in [-0.15, -0.1) is 0 Å². The molecular formula is C23H25FN2O4. The summed E-state index contributed by atoms with van der Waals surface area (Å²) in [6, 6.07) is 9.07. The molecule has 0 radical (unpaired) electrons. The van der Waals surface area contributed by atoms with Crippen LogP contribution in [0.25, 0.3) is 6.08 Å². The normalized spacial score (nSPS) is 13.9. The standard InChI is InChI=1S/C23H25FN2O4/c1-29-20-14-18(23(28)26-11-4-3-5-12-26)19(15-21(20)30-2)25-22(27)10-9-16-7-6-8-17(24)13-16/h6-10,13-15H,3-5,11-12H2,1-2H3,(H,25,27)/b10-9+. The van der Waals surface area contributed by atoms with Crippen LogP contribution in [0.3, 0.4) is 0 Å². The number of methoxy groups -OCH3 is 2. The van der Waals surface area contributed by atoms with E-state index in [-0.39, 0.29) is 11.7 Å². The average Bonchev–Trinajstić information content (AvgIpc) is 2.77. The Labute approximate surface area is 175 Å². The number of nitrogens with zero attached hydrogens (tertiary/aromatic N) is 1. The molecule has 1 N–H and O–H groups in total. The molecule has 0 aromatic heterocycles. The Morgan fingerprint density at radius 3 is 2.40 bits per heavy atom. The average molecular weight is 412 g/mol. The van der Waals surface area contributed by atoms with Crippen LogP contribution < -0.4 is 14.8 Å². The minimum absolute atomic E-state index is 0.167. The van der Waals surface area contributed by atoms with Crippen LogP contribution in [0.5, 0.6) is 11.5 Å². The van der Waals surface area contributed by atoms with Crippen molar-refractivity contribution in [2.75, 3.05) is 32.6 Å². The molecule has 0 bridgehead atoms. The minimum atomic E-state index is -0.445. The maximum Gasteiger partial charge on any atom is 0.256 e. The van der Waals surface area contributed by atoms with Gasteiger partial charge in [0.05, 0.1) is 25.5 Å². The summed E-state index contributed by atoms with van der Waals surface area (Å²) in [7, 11) is 2.98. The van der Waals surface area contributed by atoms with E-state index in [0.717, 1.165) is 19.3 Å². The topological polar surface area (TPSA) is 67.9 Å². The molecule has 3 rings (SSSR count). The van der Waals surface area contributed by atoms with E-state index in [1.54, 1.807) is 29.2 Å². The third-order valence-electron chi connectivity index (χ3n) is 4.93. The number of amides is 2. The van der Waals surface area contributed by atoms with E-state index >= 15 is 0 Å². The van der Waals surface area contributed by atoms with Gasteiger partial charge in [0.25, 0.3) is 5.91 Å². The predicted octanol–water partition coefficient (Wildman–Crippen LogP) is 4.12. The molecule has 158 valence electrons. The molecule has 1 saturated heterocycles. The van der Waals surface area contributed by atoms with E-state index in [1.807, 2.05) is 0 Å². The first-order valence-corrected chi connectivity index (χ1v) is 9.81. The first-order chi connectivity index (χ1) is 14.5. The zero-order chi connectivity index (χ0) is 21.5. The maximum absolute atomic E-state index is 13.3. The molecule has 1 heterocycles. The molecule has 0 atom stereocenters. The number of piperidine rings is 1. The summed E-state index contributed by atoms with van der Waals surface area (Å²) < 4.78 is 24.0. The van der Waals surface area contributed by atoms with Gasteiger partial charge in [-0.25, -0.2) is 4.39 Å². The summed E-state index contributed by atoms with van der Waals surface area (Å²) in [5.41, 5.74) is 1.22. The lowest BCUT2D eigenvalue weighted by molar-refractivity contribution is -0.111. The van der Waals surface area contributed by atoms with Crippen LogP contribution in [0, 0.1) is 5.82 Å². The number of likely N-dealkylation sites (tertiary alicyclic amines) is 1. The molecule has 2 aromatic rings. The lowest BCUT2D eigenvalue weighted by atomic mass is 10.1. The number of anilines is 1. The highest BCUT2D eigenvalue weighted by Gasteiger charge is 2.24. The summed E-state index contributed by atoms with van der Waals surface area (Å²) in [6.07, 6.45) is 5.81. The number of rotatable bonds is 6. The third kappa shape index (κ3) is 5.17. The fourth-order valence-electron chi connectivity index (χ4n) is 3.38. The predicted molar refractivity (Wildman–Crippen MR) is 113 cm³/mol. The second kappa shape index (κ2) is 9.91. The number of benzene rings is 2. The first-order valence-electron chi connectivity index (χ1n) is 9.81. The summed E-state index contributed by atoms with van der Waals surface area (Å²) in [5, 5.41) is 2.74. The van der Waals surface area contributed by atoms with Crippen molar-refractivity contribution in [2.45, 2.75) is 19.3 Å². The van der Waals surface area contributed by atoms with Crippen molar-refractivity contribution in [3.05, 3.63) is 59.4 Å². The van der Waals surface area contributed by atoms with E-state index in [9.17, 15) is 14.0 Å². The summed E-state index contributed by atoms with van der Waals surface area (Å²) in [6.45, 7) is 1.36. The second-order valence-electron chi connectivity index (χ2n) is 6.98. The van der Waals surface area contributed by atoms with Crippen molar-refractivity contribution in [1.82, 2.24) is 4.90 Å². The molecule has 0 spiro atoms. The van der Waals surface area contributed by atoms with Gasteiger partial charge in [0, 0.05) is 25.2 Å². The maximum atomic E-state index is 13.3. The zero-order valence-electron chi connectivity index (χ0n) is 17.1. The van der Waals surface area contributed by atoms with Gasteiger partial charge in [0.15, 0.2) is 11.5 Å². The Morgan fingerprint density at radius 2 is 1.73 bits per heavy atom. The molecule has 2 aromatic carbocycles. The van der Waals surface area contributed by atoms with Crippen LogP contribution in [0.4, 0.5) is 10.1 Å². The molecule has 0 saturated carbocycles. The van der Waals surface area contributed by atoms with E-state index in [4.69, 9.17) is 9.47 Å². The number of carbonyl (C=O) groups is 2. The molecule has 0 unspecified atom stereocenters. The quantitative estimate of drug-likeness (QED) is 0.725. The summed E-state index contributed by atoms with van der Waals surface area (Å²) >= 11 is 0. The van der Waals surface area contributed by atoms with Crippen molar-refractivity contribution in [1.29, 1.82) is 0 Å². The lowest BCUT2D eigenvalue weighted by Gasteiger charge is -2.28. The molecule has 1 fully saturated rings. The Bertz CT molecular complexity index is 952. The zero-order valence-corrected chi connectivity index (χ0v) is 17.1. The van der Waals surface area contributed by atoms with E-state index in [2.05, 4.69) is 5.32 Å². The molecule has 7 heteroatoms. The minimum Gasteiger partial charge on any atom is -0.493 e. The van der Waals surface area contributed by atoms with Crippen molar-refractivity contribution in [3.63, 3.8) is 0 Å². The molecule has 1 aliphatic heterocycles. The van der Waals surface area contributed by atoms with Gasteiger partial charge in [0.1, 0.15) is 5.82 Å². The highest BCUT2D eigenvalue weighted by Crippen LogP contribution is 2.34.